The molecule has 0 aromatic heterocycles. The summed E-state index contributed by atoms with van der Waals surface area (Å²) in [5, 5.41) is 10.5. The van der Waals surface area contributed by atoms with Crippen LogP contribution in [0.2, 0.25) is 0 Å². The Balaban J connectivity index is 1.90. The van der Waals surface area contributed by atoms with Gasteiger partial charge in [0.1, 0.15) is 0 Å². The van der Waals surface area contributed by atoms with Crippen LogP contribution in [0.3, 0.4) is 0 Å². The summed E-state index contributed by atoms with van der Waals surface area (Å²) in [6.07, 6.45) is 0. The van der Waals surface area contributed by atoms with Crippen molar-refractivity contribution in [2.75, 3.05) is 18.1 Å². The van der Waals surface area contributed by atoms with E-state index in [1.807, 2.05) is 49.4 Å². The first-order valence-corrected chi connectivity index (χ1v) is 8.58. The minimum Gasteiger partial charge on any atom is -0.375 e. The molecule has 0 aliphatic carbocycles. The van der Waals surface area contributed by atoms with E-state index in [2.05, 4.69) is 21.2 Å². The number of hydrogen-bond acceptors (Lipinski definition) is 3. The number of rotatable bonds is 6. The van der Waals surface area contributed by atoms with Gasteiger partial charge < -0.3 is 15.8 Å². The Hall–Kier alpha value is -2.38. The van der Waals surface area contributed by atoms with Crippen LogP contribution >= 0.6 is 15.9 Å². The molecular weight excluding hydrogens is 384 g/mol. The molecule has 0 radical (unpaired) electrons. The molecule has 0 atom stereocenters. The third kappa shape index (κ3) is 5.30. The number of aryl methyl sites for hydroxylation is 1. The van der Waals surface area contributed by atoms with Crippen molar-refractivity contribution in [2.24, 2.45) is 5.73 Å². The third-order valence-corrected chi connectivity index (χ3v) is 4.13. The number of carbonyl (C=O) groups is 1. The maximum atomic E-state index is 12.4. The molecule has 2 amide bonds. The van der Waals surface area contributed by atoms with Crippen molar-refractivity contribution >= 4 is 33.6 Å². The first-order valence-electron chi connectivity index (χ1n) is 7.79. The molecule has 7 heteroatoms. The minimum absolute atomic E-state index is 0.318. The molecular formula is C18H21BrN4O2. The Kier molecular flexibility index (Phi) is 6.97. The Labute approximate surface area is 155 Å². The van der Waals surface area contributed by atoms with Gasteiger partial charge in [0, 0.05) is 11.0 Å². The van der Waals surface area contributed by atoms with Crippen LogP contribution in [-0.2, 0) is 11.3 Å². The highest BCUT2D eigenvalue weighted by Crippen LogP contribution is 2.29. The molecule has 0 bridgehead atoms. The van der Waals surface area contributed by atoms with Crippen molar-refractivity contribution in [1.82, 2.24) is 5.32 Å². The quantitative estimate of drug-likeness (QED) is 0.391. The largest absolute Gasteiger partial charge is 0.375 e. The van der Waals surface area contributed by atoms with E-state index in [0.29, 0.717) is 29.9 Å². The number of guanidine groups is 1. The van der Waals surface area contributed by atoms with Crippen LogP contribution in [-0.4, -0.2) is 25.1 Å². The Morgan fingerprint density at radius 1 is 1.24 bits per heavy atom. The van der Waals surface area contributed by atoms with Gasteiger partial charge in [-0.05, 0) is 40.0 Å². The number of benzene rings is 2. The van der Waals surface area contributed by atoms with Gasteiger partial charge in [0.05, 0.1) is 18.9 Å². The molecule has 0 saturated carbocycles. The number of carbonyl (C=O) groups excluding carboxylic acids is 1. The van der Waals surface area contributed by atoms with E-state index in [-0.39, 0.29) is 5.96 Å². The third-order valence-electron chi connectivity index (χ3n) is 3.49. The standard InChI is InChI=1S/C18H21BrN4O2/c1-13-6-5-9-15(19)16(13)23(17(20)21)18(24)22-10-11-25-12-14-7-3-2-4-8-14/h2-9H,10-12H2,1H3,(H3,20,21)(H,22,24). The van der Waals surface area contributed by atoms with Crippen LogP contribution < -0.4 is 16.0 Å². The summed E-state index contributed by atoms with van der Waals surface area (Å²) >= 11 is 3.40. The number of halogens is 1. The van der Waals surface area contributed by atoms with E-state index >= 15 is 0 Å². The molecule has 4 N–H and O–H groups in total. The number of para-hydroxylation sites is 1. The lowest BCUT2D eigenvalue weighted by atomic mass is 10.2. The number of amides is 2. The monoisotopic (exact) mass is 404 g/mol. The molecule has 2 aromatic rings. The number of urea groups is 1. The molecule has 0 unspecified atom stereocenters. The highest BCUT2D eigenvalue weighted by atomic mass is 79.9. The van der Waals surface area contributed by atoms with Crippen molar-refractivity contribution in [1.29, 1.82) is 5.41 Å². The Morgan fingerprint density at radius 2 is 1.96 bits per heavy atom. The van der Waals surface area contributed by atoms with Crippen molar-refractivity contribution in [2.45, 2.75) is 13.5 Å². The number of nitrogens with two attached hydrogens (primary N) is 1. The van der Waals surface area contributed by atoms with Crippen LogP contribution in [0.25, 0.3) is 0 Å². The summed E-state index contributed by atoms with van der Waals surface area (Å²) in [6, 6.07) is 14.8. The van der Waals surface area contributed by atoms with Crippen molar-refractivity contribution in [3.05, 3.63) is 64.1 Å². The normalized spacial score (nSPS) is 10.3. The van der Waals surface area contributed by atoms with Gasteiger partial charge in [-0.3, -0.25) is 5.41 Å². The smallest absolute Gasteiger partial charge is 0.328 e. The van der Waals surface area contributed by atoms with Gasteiger partial charge in [0.2, 0.25) is 5.96 Å². The summed E-state index contributed by atoms with van der Waals surface area (Å²) in [7, 11) is 0. The molecule has 0 aliphatic rings. The van der Waals surface area contributed by atoms with Gasteiger partial charge in [-0.15, -0.1) is 0 Å². The van der Waals surface area contributed by atoms with Crippen molar-refractivity contribution in [3.8, 4) is 0 Å². The number of nitrogens with zero attached hydrogens (tertiary/aromatic N) is 1. The second kappa shape index (κ2) is 9.19. The molecule has 132 valence electrons. The second-order valence-electron chi connectivity index (χ2n) is 5.40. The Morgan fingerprint density at radius 3 is 2.60 bits per heavy atom. The molecule has 0 aliphatic heterocycles. The minimum atomic E-state index is -0.467. The SMILES string of the molecule is Cc1cccc(Br)c1N(C(=N)N)C(=O)NCCOCc1ccccc1. The second-order valence-corrected chi connectivity index (χ2v) is 6.25. The van der Waals surface area contributed by atoms with E-state index in [0.717, 1.165) is 16.0 Å². The predicted molar refractivity (Wildman–Crippen MR) is 103 cm³/mol. The lowest BCUT2D eigenvalue weighted by Crippen LogP contribution is -2.48. The summed E-state index contributed by atoms with van der Waals surface area (Å²) in [5.74, 6) is -0.349. The average Bonchev–Trinajstić information content (AvgIpc) is 2.58. The summed E-state index contributed by atoms with van der Waals surface area (Å²) < 4.78 is 6.23. The van der Waals surface area contributed by atoms with E-state index in [4.69, 9.17) is 15.9 Å². The van der Waals surface area contributed by atoms with Crippen LogP contribution in [0, 0.1) is 12.3 Å². The molecule has 0 saturated heterocycles. The van der Waals surface area contributed by atoms with Gasteiger partial charge in [-0.25, -0.2) is 9.69 Å². The van der Waals surface area contributed by atoms with Crippen molar-refractivity contribution < 1.29 is 9.53 Å². The fourth-order valence-electron chi connectivity index (χ4n) is 2.31. The van der Waals surface area contributed by atoms with E-state index in [9.17, 15) is 4.79 Å². The van der Waals surface area contributed by atoms with Gasteiger partial charge in [0.25, 0.3) is 0 Å². The predicted octanol–water partition coefficient (Wildman–Crippen LogP) is 3.38. The van der Waals surface area contributed by atoms with Crippen LogP contribution in [0.15, 0.2) is 53.0 Å². The molecule has 6 nitrogen and oxygen atoms in total. The molecule has 0 heterocycles. The molecule has 2 aromatic carbocycles. The Bertz CT molecular complexity index is 717. The fourth-order valence-corrected chi connectivity index (χ4v) is 2.95. The number of nitrogens with one attached hydrogen (secondary N) is 2. The van der Waals surface area contributed by atoms with Gasteiger partial charge >= 0.3 is 6.03 Å². The van der Waals surface area contributed by atoms with Crippen LogP contribution in [0.1, 0.15) is 11.1 Å². The zero-order chi connectivity index (χ0) is 18.2. The van der Waals surface area contributed by atoms with E-state index in [1.165, 1.54) is 0 Å². The van der Waals surface area contributed by atoms with E-state index < -0.39 is 6.03 Å². The fraction of sp³-hybridized carbons (Fsp3) is 0.222. The molecule has 2 rings (SSSR count). The highest BCUT2D eigenvalue weighted by molar-refractivity contribution is 9.10. The molecule has 25 heavy (non-hydrogen) atoms. The lowest BCUT2D eigenvalue weighted by molar-refractivity contribution is 0.124. The van der Waals surface area contributed by atoms with Crippen LogP contribution in [0.4, 0.5) is 10.5 Å². The maximum absolute atomic E-state index is 12.4. The average molecular weight is 405 g/mol. The first-order chi connectivity index (χ1) is 12.0. The molecule has 0 fully saturated rings. The summed E-state index contributed by atoms with van der Waals surface area (Å²) in [5.41, 5.74) is 8.07. The van der Waals surface area contributed by atoms with Crippen LogP contribution in [0.5, 0.6) is 0 Å². The zero-order valence-corrected chi connectivity index (χ0v) is 15.5. The number of ether oxygens (including phenoxy) is 1. The lowest BCUT2D eigenvalue weighted by Gasteiger charge is -2.24. The van der Waals surface area contributed by atoms with Crippen molar-refractivity contribution in [3.63, 3.8) is 0 Å². The summed E-state index contributed by atoms with van der Waals surface area (Å²) in [6.45, 7) is 3.02. The summed E-state index contributed by atoms with van der Waals surface area (Å²) in [4.78, 5) is 13.6. The van der Waals surface area contributed by atoms with Gasteiger partial charge in [0.15, 0.2) is 0 Å². The zero-order valence-electron chi connectivity index (χ0n) is 14.0. The first kappa shape index (κ1) is 19.0. The van der Waals surface area contributed by atoms with Gasteiger partial charge in [-0.1, -0.05) is 42.5 Å². The number of anilines is 1. The highest BCUT2D eigenvalue weighted by Gasteiger charge is 2.22. The maximum Gasteiger partial charge on any atom is 0.328 e. The topological polar surface area (TPSA) is 91.4 Å². The molecule has 0 spiro atoms. The van der Waals surface area contributed by atoms with E-state index in [1.54, 1.807) is 6.07 Å². The number of hydrogen-bond donors (Lipinski definition) is 3. The van der Waals surface area contributed by atoms with Gasteiger partial charge in [-0.2, -0.15) is 0 Å².